The van der Waals surface area contributed by atoms with Crippen molar-refractivity contribution in [1.82, 2.24) is 4.98 Å². The molecule has 0 aliphatic carbocycles. The van der Waals surface area contributed by atoms with Crippen molar-refractivity contribution in [3.63, 3.8) is 0 Å². The van der Waals surface area contributed by atoms with Crippen molar-refractivity contribution in [1.29, 1.82) is 0 Å². The van der Waals surface area contributed by atoms with Crippen LogP contribution in [0.5, 0.6) is 5.75 Å². The van der Waals surface area contributed by atoms with Gasteiger partial charge in [0.05, 0.1) is 17.2 Å². The quantitative estimate of drug-likeness (QED) is 0.476. The number of hydrogen-bond donors (Lipinski definition) is 1. The second kappa shape index (κ2) is 8.09. The smallest absolute Gasteiger partial charge is 0.311 e. The Labute approximate surface area is 161 Å². The van der Waals surface area contributed by atoms with Gasteiger partial charge in [0.2, 0.25) is 0 Å². The van der Waals surface area contributed by atoms with E-state index in [0.29, 0.717) is 0 Å². The van der Waals surface area contributed by atoms with Crippen LogP contribution < -0.4 is 10.1 Å². The van der Waals surface area contributed by atoms with Crippen LogP contribution in [-0.2, 0) is 0 Å². The predicted molar refractivity (Wildman–Crippen MR) is 99.7 cm³/mol. The average Bonchev–Trinajstić information content (AvgIpc) is 3.12. The lowest BCUT2D eigenvalue weighted by Crippen LogP contribution is -2.12. The molecule has 0 saturated heterocycles. The Balaban J connectivity index is 1.82. The second-order valence-corrected chi connectivity index (χ2v) is 6.35. The van der Waals surface area contributed by atoms with Crippen molar-refractivity contribution in [2.24, 2.45) is 0 Å². The number of ether oxygens (including phenoxy) is 1. The number of halogens is 2. The number of carbonyl (C=O) groups is 1. The number of carbonyl (C=O) groups excluding carboxylic acids is 1. The van der Waals surface area contributed by atoms with E-state index in [4.69, 9.17) is 4.74 Å². The first-order chi connectivity index (χ1) is 13.4. The first kappa shape index (κ1) is 19.4. The zero-order valence-electron chi connectivity index (χ0n) is 14.4. The monoisotopic (exact) mass is 405 g/mol. The van der Waals surface area contributed by atoms with Crippen LogP contribution in [-0.4, -0.2) is 22.4 Å². The molecule has 0 spiro atoms. The summed E-state index contributed by atoms with van der Waals surface area (Å²) < 4.78 is 32.4. The molecule has 1 N–H and O–H groups in total. The third-order valence-electron chi connectivity index (χ3n) is 3.65. The molecule has 3 rings (SSSR count). The van der Waals surface area contributed by atoms with Crippen LogP contribution in [0.25, 0.3) is 11.3 Å². The summed E-state index contributed by atoms with van der Waals surface area (Å²) in [5.74, 6) is -1.84. The number of nitrogens with one attached hydrogen (secondary N) is 1. The van der Waals surface area contributed by atoms with Gasteiger partial charge < -0.3 is 4.74 Å². The van der Waals surface area contributed by atoms with E-state index in [-0.39, 0.29) is 40.0 Å². The Hall–Kier alpha value is -3.40. The molecule has 2 aromatic carbocycles. The number of nitro benzene ring substituents is 1. The molecule has 1 aromatic heterocycles. The predicted octanol–water partition coefficient (Wildman–Crippen LogP) is 4.65. The molecular weight excluding hydrogens is 392 g/mol. The average molecular weight is 405 g/mol. The Bertz CT molecular complexity index is 1060. The Morgan fingerprint density at radius 2 is 2.07 bits per heavy atom. The van der Waals surface area contributed by atoms with Gasteiger partial charge in [0.25, 0.3) is 5.91 Å². The minimum absolute atomic E-state index is 0.0313. The molecule has 28 heavy (non-hydrogen) atoms. The van der Waals surface area contributed by atoms with Crippen molar-refractivity contribution in [2.75, 3.05) is 11.9 Å². The summed E-state index contributed by atoms with van der Waals surface area (Å²) >= 11 is 1.01. The number of hydrogen-bond acceptors (Lipinski definition) is 6. The number of amides is 1. The van der Waals surface area contributed by atoms with Crippen LogP contribution >= 0.6 is 11.3 Å². The molecule has 7 nitrogen and oxygen atoms in total. The molecule has 0 bridgehead atoms. The van der Waals surface area contributed by atoms with E-state index in [0.717, 1.165) is 35.6 Å². The van der Waals surface area contributed by atoms with Crippen molar-refractivity contribution >= 4 is 28.1 Å². The third kappa shape index (κ3) is 4.12. The van der Waals surface area contributed by atoms with Crippen molar-refractivity contribution in [2.45, 2.75) is 6.92 Å². The summed E-state index contributed by atoms with van der Waals surface area (Å²) in [6.07, 6.45) is 0. The number of thiazole rings is 1. The topological polar surface area (TPSA) is 94.4 Å². The molecule has 0 atom stereocenters. The molecule has 144 valence electrons. The van der Waals surface area contributed by atoms with Crippen LogP contribution in [0.1, 0.15) is 17.3 Å². The maximum atomic E-state index is 13.8. The van der Waals surface area contributed by atoms with E-state index in [1.807, 2.05) is 0 Å². The molecule has 1 heterocycles. The highest BCUT2D eigenvalue weighted by atomic mass is 32.1. The molecule has 0 aliphatic rings. The molecule has 0 radical (unpaired) electrons. The van der Waals surface area contributed by atoms with Gasteiger partial charge in [-0.15, -0.1) is 11.3 Å². The van der Waals surface area contributed by atoms with Crippen molar-refractivity contribution < 1.29 is 23.2 Å². The summed E-state index contributed by atoms with van der Waals surface area (Å²) in [6, 6.07) is 6.81. The van der Waals surface area contributed by atoms with Crippen LogP contribution in [0.15, 0.2) is 41.8 Å². The number of nitro groups is 1. The highest BCUT2D eigenvalue weighted by Gasteiger charge is 2.19. The third-order valence-corrected chi connectivity index (χ3v) is 4.40. The summed E-state index contributed by atoms with van der Waals surface area (Å²) in [6.45, 7) is 1.93. The van der Waals surface area contributed by atoms with E-state index in [2.05, 4.69) is 10.3 Å². The van der Waals surface area contributed by atoms with Gasteiger partial charge in [-0.2, -0.15) is 0 Å². The number of aromatic nitrogens is 1. The molecule has 0 fully saturated rings. The number of anilines is 1. The molecule has 10 heteroatoms. The highest BCUT2D eigenvalue weighted by molar-refractivity contribution is 7.14. The lowest BCUT2D eigenvalue weighted by Gasteiger charge is -2.06. The lowest BCUT2D eigenvalue weighted by atomic mass is 10.1. The van der Waals surface area contributed by atoms with Gasteiger partial charge >= 0.3 is 5.69 Å². The largest absolute Gasteiger partial charge is 0.487 e. The number of rotatable bonds is 6. The molecule has 1 amide bonds. The van der Waals surface area contributed by atoms with Crippen LogP contribution in [0.2, 0.25) is 0 Å². The van der Waals surface area contributed by atoms with E-state index < -0.39 is 22.5 Å². The summed E-state index contributed by atoms with van der Waals surface area (Å²) in [4.78, 5) is 27.0. The highest BCUT2D eigenvalue weighted by Crippen LogP contribution is 2.30. The van der Waals surface area contributed by atoms with Crippen molar-refractivity contribution in [3.05, 3.63) is 69.1 Å². The standard InChI is InChI=1S/C18H13F2N3O4S/c1-2-27-16-6-3-10(7-15(16)23(25)26)17(24)22-18-21-14(9-28-18)12-8-11(19)4-5-13(12)20/h3-9H,2H2,1H3,(H,21,22,24). The number of nitrogens with zero attached hydrogens (tertiary/aromatic N) is 2. The molecule has 0 aliphatic heterocycles. The van der Waals surface area contributed by atoms with E-state index in [1.54, 1.807) is 6.92 Å². The maximum absolute atomic E-state index is 13.8. The second-order valence-electron chi connectivity index (χ2n) is 5.49. The fourth-order valence-electron chi connectivity index (χ4n) is 2.40. The summed E-state index contributed by atoms with van der Waals surface area (Å²) in [5.41, 5.74) is -0.177. The van der Waals surface area contributed by atoms with Crippen LogP contribution in [0.3, 0.4) is 0 Å². The minimum Gasteiger partial charge on any atom is -0.487 e. The minimum atomic E-state index is -0.647. The van der Waals surface area contributed by atoms with Crippen molar-refractivity contribution in [3.8, 4) is 17.0 Å². The van der Waals surface area contributed by atoms with E-state index in [1.165, 1.54) is 17.5 Å². The molecule has 0 unspecified atom stereocenters. The van der Waals surface area contributed by atoms with Gasteiger partial charge in [-0.05, 0) is 37.3 Å². The Morgan fingerprint density at radius 1 is 1.29 bits per heavy atom. The summed E-state index contributed by atoms with van der Waals surface area (Å²) in [5, 5.41) is 15.3. The maximum Gasteiger partial charge on any atom is 0.311 e. The molecule has 3 aromatic rings. The fraction of sp³-hybridized carbons (Fsp3) is 0.111. The van der Waals surface area contributed by atoms with E-state index in [9.17, 15) is 23.7 Å². The zero-order chi connectivity index (χ0) is 20.3. The van der Waals surface area contributed by atoms with Gasteiger partial charge in [-0.1, -0.05) is 0 Å². The first-order valence-electron chi connectivity index (χ1n) is 8.02. The SMILES string of the molecule is CCOc1ccc(C(=O)Nc2nc(-c3cc(F)ccc3F)cs2)cc1[N+](=O)[O-]. The zero-order valence-corrected chi connectivity index (χ0v) is 15.3. The fourth-order valence-corrected chi connectivity index (χ4v) is 3.10. The molecule has 0 saturated carbocycles. The van der Waals surface area contributed by atoms with Crippen LogP contribution in [0.4, 0.5) is 19.6 Å². The van der Waals surface area contributed by atoms with Gasteiger partial charge in [0, 0.05) is 22.6 Å². The Kier molecular flexibility index (Phi) is 5.59. The van der Waals surface area contributed by atoms with E-state index >= 15 is 0 Å². The van der Waals surface area contributed by atoms with Gasteiger partial charge in [0.15, 0.2) is 10.9 Å². The van der Waals surface area contributed by atoms with Gasteiger partial charge in [-0.3, -0.25) is 20.2 Å². The lowest BCUT2D eigenvalue weighted by molar-refractivity contribution is -0.385. The van der Waals surface area contributed by atoms with Gasteiger partial charge in [-0.25, -0.2) is 13.8 Å². The first-order valence-corrected chi connectivity index (χ1v) is 8.90. The normalized spacial score (nSPS) is 10.5. The number of benzene rings is 2. The Morgan fingerprint density at radius 3 is 2.79 bits per heavy atom. The van der Waals surface area contributed by atoms with Gasteiger partial charge in [0.1, 0.15) is 11.6 Å². The summed E-state index contributed by atoms with van der Waals surface area (Å²) in [7, 11) is 0. The van der Waals surface area contributed by atoms with Crippen LogP contribution in [0, 0.1) is 21.7 Å². The molecular formula is C18H13F2N3O4S.